The van der Waals surface area contributed by atoms with Gasteiger partial charge in [0.1, 0.15) is 17.3 Å². The summed E-state index contributed by atoms with van der Waals surface area (Å²) in [5.41, 5.74) is 4.20. The SMILES string of the molecule is CNC1Cc2ccccc2C1Cc1ccc(Oc2ccc(F)cc2)cc1. The van der Waals surface area contributed by atoms with E-state index in [1.54, 1.807) is 12.1 Å². The number of fused-ring (bicyclic) bond motifs is 1. The molecule has 1 aliphatic carbocycles. The highest BCUT2D eigenvalue weighted by Gasteiger charge is 2.30. The number of hydrogen-bond donors (Lipinski definition) is 1. The fraction of sp³-hybridized carbons (Fsp3) is 0.217. The lowest BCUT2D eigenvalue weighted by molar-refractivity contribution is 0.478. The van der Waals surface area contributed by atoms with Crippen molar-refractivity contribution in [3.63, 3.8) is 0 Å². The van der Waals surface area contributed by atoms with Crippen molar-refractivity contribution in [2.45, 2.75) is 24.8 Å². The molecule has 3 aromatic carbocycles. The monoisotopic (exact) mass is 347 g/mol. The van der Waals surface area contributed by atoms with Crippen molar-refractivity contribution in [3.8, 4) is 11.5 Å². The molecule has 0 amide bonds. The van der Waals surface area contributed by atoms with Crippen LogP contribution in [0.15, 0.2) is 72.8 Å². The van der Waals surface area contributed by atoms with Crippen molar-refractivity contribution in [3.05, 3.63) is 95.3 Å². The van der Waals surface area contributed by atoms with E-state index in [0.717, 1.165) is 18.6 Å². The highest BCUT2D eigenvalue weighted by Crippen LogP contribution is 2.36. The second-order valence-electron chi connectivity index (χ2n) is 6.81. The summed E-state index contributed by atoms with van der Waals surface area (Å²) >= 11 is 0. The molecule has 0 saturated heterocycles. The Morgan fingerprint density at radius 3 is 2.27 bits per heavy atom. The Hall–Kier alpha value is -2.65. The molecule has 26 heavy (non-hydrogen) atoms. The first kappa shape index (κ1) is 16.8. The maximum Gasteiger partial charge on any atom is 0.127 e. The number of halogens is 1. The van der Waals surface area contributed by atoms with E-state index in [0.29, 0.717) is 17.7 Å². The summed E-state index contributed by atoms with van der Waals surface area (Å²) in [6, 6.07) is 23.5. The van der Waals surface area contributed by atoms with Crippen LogP contribution in [0.4, 0.5) is 4.39 Å². The Balaban J connectivity index is 1.48. The summed E-state index contributed by atoms with van der Waals surface area (Å²) in [6.07, 6.45) is 2.09. The Morgan fingerprint density at radius 1 is 0.923 bits per heavy atom. The van der Waals surface area contributed by atoms with Crippen molar-refractivity contribution in [2.75, 3.05) is 7.05 Å². The van der Waals surface area contributed by atoms with Gasteiger partial charge in [-0.3, -0.25) is 0 Å². The predicted molar refractivity (Wildman–Crippen MR) is 102 cm³/mol. The van der Waals surface area contributed by atoms with E-state index in [9.17, 15) is 4.39 Å². The van der Waals surface area contributed by atoms with Crippen molar-refractivity contribution in [2.24, 2.45) is 0 Å². The van der Waals surface area contributed by atoms with Gasteiger partial charge in [0.05, 0.1) is 0 Å². The summed E-state index contributed by atoms with van der Waals surface area (Å²) in [7, 11) is 2.04. The smallest absolute Gasteiger partial charge is 0.127 e. The third-order valence-electron chi connectivity index (χ3n) is 5.18. The lowest BCUT2D eigenvalue weighted by Crippen LogP contribution is -2.30. The van der Waals surface area contributed by atoms with Gasteiger partial charge in [0.15, 0.2) is 0 Å². The molecule has 0 aromatic heterocycles. The van der Waals surface area contributed by atoms with Crippen LogP contribution in [0.3, 0.4) is 0 Å². The van der Waals surface area contributed by atoms with Crippen molar-refractivity contribution >= 4 is 0 Å². The van der Waals surface area contributed by atoms with Gasteiger partial charge in [0.25, 0.3) is 0 Å². The minimum atomic E-state index is -0.261. The van der Waals surface area contributed by atoms with Crippen LogP contribution in [-0.4, -0.2) is 13.1 Å². The van der Waals surface area contributed by atoms with Crippen LogP contribution in [0, 0.1) is 5.82 Å². The zero-order chi connectivity index (χ0) is 17.9. The van der Waals surface area contributed by atoms with E-state index in [4.69, 9.17) is 4.74 Å². The summed E-state index contributed by atoms with van der Waals surface area (Å²) in [6.45, 7) is 0. The standard InChI is InChI=1S/C23H22FNO/c1-25-23-15-17-4-2-3-5-21(17)22(23)14-16-6-10-19(11-7-16)26-20-12-8-18(24)9-13-20/h2-13,22-23,25H,14-15H2,1H3. The molecule has 0 aliphatic heterocycles. The normalized spacial score (nSPS) is 18.5. The molecule has 0 spiro atoms. The van der Waals surface area contributed by atoms with Crippen molar-refractivity contribution in [1.29, 1.82) is 0 Å². The molecule has 0 radical (unpaired) electrons. The third-order valence-corrected chi connectivity index (χ3v) is 5.18. The first-order valence-corrected chi connectivity index (χ1v) is 9.00. The quantitative estimate of drug-likeness (QED) is 0.694. The zero-order valence-electron chi connectivity index (χ0n) is 14.8. The lowest BCUT2D eigenvalue weighted by Gasteiger charge is -2.20. The topological polar surface area (TPSA) is 21.3 Å². The van der Waals surface area contributed by atoms with E-state index < -0.39 is 0 Å². The van der Waals surface area contributed by atoms with Crippen LogP contribution in [-0.2, 0) is 12.8 Å². The lowest BCUT2D eigenvalue weighted by atomic mass is 9.91. The van der Waals surface area contributed by atoms with E-state index in [-0.39, 0.29) is 5.82 Å². The average molecular weight is 347 g/mol. The fourth-order valence-corrected chi connectivity index (χ4v) is 3.82. The van der Waals surface area contributed by atoms with E-state index in [1.807, 2.05) is 19.2 Å². The van der Waals surface area contributed by atoms with Gasteiger partial charge in [0.2, 0.25) is 0 Å². The Kier molecular flexibility index (Phi) is 4.72. The fourth-order valence-electron chi connectivity index (χ4n) is 3.82. The average Bonchev–Trinajstić information content (AvgIpc) is 3.03. The number of nitrogens with one attached hydrogen (secondary N) is 1. The number of likely N-dealkylation sites (N-methyl/N-ethyl adjacent to an activating group) is 1. The van der Waals surface area contributed by atoms with Crippen LogP contribution in [0.25, 0.3) is 0 Å². The molecule has 0 saturated carbocycles. The second-order valence-corrected chi connectivity index (χ2v) is 6.81. The Morgan fingerprint density at radius 2 is 1.58 bits per heavy atom. The summed E-state index contributed by atoms with van der Waals surface area (Å²) in [5.74, 6) is 1.63. The highest BCUT2D eigenvalue weighted by atomic mass is 19.1. The molecule has 0 heterocycles. The van der Waals surface area contributed by atoms with Gasteiger partial charge in [-0.1, -0.05) is 36.4 Å². The molecular weight excluding hydrogens is 325 g/mol. The van der Waals surface area contributed by atoms with E-state index in [2.05, 4.69) is 41.7 Å². The van der Waals surface area contributed by atoms with Crippen LogP contribution in [0.5, 0.6) is 11.5 Å². The Labute approximate surface area is 153 Å². The zero-order valence-corrected chi connectivity index (χ0v) is 14.8. The van der Waals surface area contributed by atoms with Gasteiger partial charge in [-0.05, 0) is 73.0 Å². The number of benzene rings is 3. The molecule has 1 aliphatic rings. The van der Waals surface area contributed by atoms with Crippen LogP contribution in [0.1, 0.15) is 22.6 Å². The predicted octanol–water partition coefficient (Wildman–Crippen LogP) is 5.09. The second kappa shape index (κ2) is 7.30. The van der Waals surface area contributed by atoms with Crippen molar-refractivity contribution in [1.82, 2.24) is 5.32 Å². The first-order chi connectivity index (χ1) is 12.7. The third kappa shape index (κ3) is 3.49. The number of rotatable bonds is 5. The molecular formula is C23H22FNO. The Bertz CT molecular complexity index is 873. The van der Waals surface area contributed by atoms with Gasteiger partial charge in [0, 0.05) is 12.0 Å². The highest BCUT2D eigenvalue weighted by molar-refractivity contribution is 5.40. The van der Waals surface area contributed by atoms with E-state index >= 15 is 0 Å². The molecule has 2 atom stereocenters. The molecule has 2 unspecified atom stereocenters. The molecule has 0 fully saturated rings. The molecule has 3 aromatic rings. The van der Waals surface area contributed by atoms with Gasteiger partial charge in [-0.15, -0.1) is 0 Å². The molecule has 1 N–H and O–H groups in total. The van der Waals surface area contributed by atoms with E-state index in [1.165, 1.54) is 28.8 Å². The summed E-state index contributed by atoms with van der Waals surface area (Å²) < 4.78 is 18.8. The van der Waals surface area contributed by atoms with Gasteiger partial charge in [-0.25, -0.2) is 4.39 Å². The number of hydrogen-bond acceptors (Lipinski definition) is 2. The maximum atomic E-state index is 13.0. The number of ether oxygens (including phenoxy) is 1. The van der Waals surface area contributed by atoms with Gasteiger partial charge < -0.3 is 10.1 Å². The molecule has 132 valence electrons. The van der Waals surface area contributed by atoms with Crippen LogP contribution in [0.2, 0.25) is 0 Å². The molecule has 3 heteroatoms. The van der Waals surface area contributed by atoms with Gasteiger partial charge in [-0.2, -0.15) is 0 Å². The molecule has 0 bridgehead atoms. The van der Waals surface area contributed by atoms with Crippen LogP contribution < -0.4 is 10.1 Å². The summed E-state index contributed by atoms with van der Waals surface area (Å²) in [5, 5.41) is 3.47. The van der Waals surface area contributed by atoms with Crippen molar-refractivity contribution < 1.29 is 9.13 Å². The minimum absolute atomic E-state index is 0.261. The summed E-state index contributed by atoms with van der Waals surface area (Å²) in [4.78, 5) is 0. The molecule has 4 rings (SSSR count). The molecule has 2 nitrogen and oxygen atoms in total. The van der Waals surface area contributed by atoms with Gasteiger partial charge >= 0.3 is 0 Å². The minimum Gasteiger partial charge on any atom is -0.457 e. The largest absolute Gasteiger partial charge is 0.457 e. The van der Waals surface area contributed by atoms with Crippen LogP contribution >= 0.6 is 0 Å². The maximum absolute atomic E-state index is 13.0. The first-order valence-electron chi connectivity index (χ1n) is 9.00.